The molecule has 11 fully saturated rings. The molecule has 6 aliphatic carbocycles. The van der Waals surface area contributed by atoms with Crippen molar-refractivity contribution in [2.75, 3.05) is 26.4 Å². The lowest BCUT2D eigenvalue weighted by Crippen LogP contribution is -2.80. The standard InChI is InChI=1S/C54H70N2O11/c1-26(2)15-31-18-32-17-30-7-6-12-51(30)21-29-20-48(3)44(34-11-14-63-38(34)19-35(37(58)23-57)27-8-9-33-28(16-27)10-13-56-25-55-22-36(33)56)65-47(62)45-54(48,66-45)49(4)40(29)52-24-64-46(61)42(51)53(32,52)67-50(31,5)41(52)39(59)43(49)60/h10-11,13-14,18,26-31,33,35-37,40-45,55,57-58,60H,6-9,12,15-17,19-25H2,1-5H3/t27-,28-,29+,30-,31+,33+,35+,36+,37-,40+,41-,42+,43-,44+,45-,48+,49+,50+,51+,52-,53+,54-/m1/s1. The SMILES string of the molecule is CC(C)C[C@H]1C=C2C[C@H]3CCC[C@]34C[C@@H]3C[C@@]5(C)[C@H](c6ccoc6C[C@@H]([C@@H]6CC[C@H]7[C@H](C=CN8CNC[C@@H]78)C6)[C@H](O)CO)OC(=O)[C@H]6O[C@]65[C@]5(C)[C@H](O)C(=O)[C@@H]6[C@@]1(C)O[C@]21[C@H]4C(=O)OC[C@@]61[C@@H]35. The molecule has 362 valence electrons. The molecule has 13 nitrogen and oxygen atoms in total. The van der Waals surface area contributed by atoms with Crippen molar-refractivity contribution >= 4 is 17.7 Å². The molecule has 1 aromatic heterocycles. The van der Waals surface area contributed by atoms with Gasteiger partial charge >= 0.3 is 11.9 Å². The van der Waals surface area contributed by atoms with E-state index in [0.29, 0.717) is 48.0 Å². The second-order valence-corrected chi connectivity index (χ2v) is 25.5. The summed E-state index contributed by atoms with van der Waals surface area (Å²) in [4.78, 5) is 48.1. The third-order valence-corrected chi connectivity index (χ3v) is 22.9. The van der Waals surface area contributed by atoms with E-state index in [1.807, 2.05) is 13.0 Å². The first-order valence-corrected chi connectivity index (χ1v) is 26.2. The average molecular weight is 923 g/mol. The van der Waals surface area contributed by atoms with Gasteiger partial charge in [-0.2, -0.15) is 0 Å². The molecule has 67 heavy (non-hydrogen) atoms. The van der Waals surface area contributed by atoms with Gasteiger partial charge < -0.3 is 43.6 Å². The number of hydrogen-bond donors (Lipinski definition) is 4. The van der Waals surface area contributed by atoms with Crippen LogP contribution in [0.5, 0.6) is 0 Å². The Morgan fingerprint density at radius 3 is 2.67 bits per heavy atom. The first kappa shape index (κ1) is 42.8. The van der Waals surface area contributed by atoms with E-state index in [0.717, 1.165) is 71.0 Å². The molecule has 5 bridgehead atoms. The molecule has 0 amide bonds. The van der Waals surface area contributed by atoms with Crippen LogP contribution in [0.25, 0.3) is 0 Å². The minimum Gasteiger partial charge on any atom is -0.469 e. The summed E-state index contributed by atoms with van der Waals surface area (Å²) in [5.74, 6) is -0.990. The van der Waals surface area contributed by atoms with E-state index in [9.17, 15) is 24.9 Å². The van der Waals surface area contributed by atoms with Crippen LogP contribution in [0, 0.1) is 86.8 Å². The second-order valence-electron chi connectivity index (χ2n) is 25.5. The number of fused-ring (bicyclic) bond motifs is 5. The summed E-state index contributed by atoms with van der Waals surface area (Å²) >= 11 is 0. The lowest BCUT2D eigenvalue weighted by Gasteiger charge is -2.70. The Balaban J connectivity index is 0.900. The summed E-state index contributed by atoms with van der Waals surface area (Å²) < 4.78 is 34.6. The molecule has 1 aromatic rings. The first-order valence-electron chi connectivity index (χ1n) is 26.2. The number of aliphatic hydroxyl groups is 3. The Hall–Kier alpha value is -3.07. The van der Waals surface area contributed by atoms with E-state index in [2.05, 4.69) is 56.3 Å². The minimum atomic E-state index is -1.49. The number of allylic oxidation sites excluding steroid dienone is 1. The Morgan fingerprint density at radius 1 is 1.03 bits per heavy atom. The van der Waals surface area contributed by atoms with Crippen LogP contribution >= 0.6 is 0 Å². The zero-order chi connectivity index (χ0) is 46.2. The fraction of sp³-hybridized carbons (Fsp3) is 0.796. The fourth-order valence-electron chi connectivity index (χ4n) is 21.0. The number of furan rings is 1. The summed E-state index contributed by atoms with van der Waals surface area (Å²) in [5, 5.41) is 39.1. The number of hydrogen-bond acceptors (Lipinski definition) is 13. The number of ether oxygens (including phenoxy) is 4. The van der Waals surface area contributed by atoms with Gasteiger partial charge in [-0.05, 0) is 135 Å². The van der Waals surface area contributed by atoms with Crippen LogP contribution in [0.4, 0.5) is 0 Å². The highest BCUT2D eigenvalue weighted by molar-refractivity contribution is 5.94. The fourth-order valence-corrected chi connectivity index (χ4v) is 21.0. The monoisotopic (exact) mass is 922 g/mol. The quantitative estimate of drug-likeness (QED) is 0.148. The van der Waals surface area contributed by atoms with E-state index in [-0.39, 0.29) is 60.5 Å². The molecule has 0 aromatic carbocycles. The van der Waals surface area contributed by atoms with E-state index in [4.69, 9.17) is 23.4 Å². The molecule has 13 aliphatic rings. The maximum absolute atomic E-state index is 16.0. The number of Topliss-reactive ketones (excluding diaryl/α,β-unsaturated/α-hetero) is 1. The van der Waals surface area contributed by atoms with Crippen molar-refractivity contribution in [2.24, 2.45) is 86.8 Å². The highest BCUT2D eigenvalue weighted by Crippen LogP contribution is 2.88. The molecule has 4 N–H and O–H groups in total. The van der Waals surface area contributed by atoms with Gasteiger partial charge in [0.1, 0.15) is 35.8 Å². The van der Waals surface area contributed by atoms with Crippen LogP contribution in [0.15, 0.2) is 40.7 Å². The summed E-state index contributed by atoms with van der Waals surface area (Å²) in [6.07, 6.45) is 13.4. The number of carbonyl (C=O) groups excluding carboxylic acids is 3. The van der Waals surface area contributed by atoms with Crippen LogP contribution in [0.2, 0.25) is 0 Å². The summed E-state index contributed by atoms with van der Waals surface area (Å²) in [6, 6.07) is 2.37. The molecule has 5 saturated heterocycles. The lowest BCUT2D eigenvalue weighted by molar-refractivity contribution is -0.280. The van der Waals surface area contributed by atoms with Crippen LogP contribution in [-0.2, 0) is 39.8 Å². The molecular weight excluding hydrogens is 853 g/mol. The highest BCUT2D eigenvalue weighted by Gasteiger charge is 2.97. The Morgan fingerprint density at radius 2 is 1.87 bits per heavy atom. The molecule has 7 aliphatic heterocycles. The van der Waals surface area contributed by atoms with E-state index in [1.54, 1.807) is 6.26 Å². The maximum Gasteiger partial charge on any atom is 0.339 e. The van der Waals surface area contributed by atoms with Crippen LogP contribution < -0.4 is 5.32 Å². The average Bonchev–Trinajstić information content (AvgIpc) is 3.59. The van der Waals surface area contributed by atoms with Gasteiger partial charge in [0.15, 0.2) is 11.9 Å². The van der Waals surface area contributed by atoms with Crippen molar-refractivity contribution in [1.82, 2.24) is 10.2 Å². The summed E-state index contributed by atoms with van der Waals surface area (Å²) in [7, 11) is 0. The van der Waals surface area contributed by atoms with Crippen molar-refractivity contribution in [1.29, 1.82) is 0 Å². The molecule has 13 heteroatoms. The van der Waals surface area contributed by atoms with Gasteiger partial charge in [-0.25, -0.2) is 4.79 Å². The van der Waals surface area contributed by atoms with E-state index >= 15 is 4.79 Å². The van der Waals surface area contributed by atoms with Crippen molar-refractivity contribution < 1.29 is 53.1 Å². The number of carbonyl (C=O) groups is 3. The van der Waals surface area contributed by atoms with Gasteiger partial charge in [0.05, 0.1) is 48.5 Å². The number of esters is 2. The van der Waals surface area contributed by atoms with Gasteiger partial charge in [-0.1, -0.05) is 46.3 Å². The number of ketones is 1. The number of rotatable bonds is 8. The molecule has 4 spiro atoms. The number of aliphatic hydroxyl groups excluding tert-OH is 3. The Kier molecular flexibility index (Phi) is 8.59. The highest BCUT2D eigenvalue weighted by atomic mass is 16.7. The van der Waals surface area contributed by atoms with Gasteiger partial charge in [0.25, 0.3) is 0 Å². The van der Waals surface area contributed by atoms with Crippen molar-refractivity contribution in [3.63, 3.8) is 0 Å². The lowest BCUT2D eigenvalue weighted by atomic mass is 9.33. The van der Waals surface area contributed by atoms with Crippen molar-refractivity contribution in [2.45, 2.75) is 153 Å². The van der Waals surface area contributed by atoms with Crippen LogP contribution in [0.3, 0.4) is 0 Å². The number of epoxide rings is 1. The van der Waals surface area contributed by atoms with E-state index < -0.39 is 80.7 Å². The summed E-state index contributed by atoms with van der Waals surface area (Å²) in [6.45, 7) is 12.2. The molecule has 8 heterocycles. The predicted octanol–water partition coefficient (Wildman–Crippen LogP) is 5.41. The number of nitrogens with one attached hydrogen (secondary N) is 1. The second kappa shape index (κ2) is 13.5. The van der Waals surface area contributed by atoms with Crippen LogP contribution in [-0.4, -0.2) is 106 Å². The normalized spacial score (nSPS) is 54.2. The molecule has 6 saturated carbocycles. The maximum atomic E-state index is 16.0. The smallest absolute Gasteiger partial charge is 0.339 e. The third-order valence-electron chi connectivity index (χ3n) is 22.9. The molecule has 0 unspecified atom stereocenters. The van der Waals surface area contributed by atoms with Gasteiger partial charge in [-0.15, -0.1) is 0 Å². The Labute approximate surface area is 393 Å². The molecule has 14 rings (SSSR count). The Bertz CT molecular complexity index is 2420. The van der Waals surface area contributed by atoms with Crippen molar-refractivity contribution in [3.05, 3.63) is 47.6 Å². The molecular formula is C54H70N2O11. The zero-order valence-corrected chi connectivity index (χ0v) is 39.8. The number of nitrogens with zero attached hydrogens (tertiary/aromatic N) is 1. The minimum absolute atomic E-state index is 0.0322. The molecule has 22 atom stereocenters. The van der Waals surface area contributed by atoms with Crippen molar-refractivity contribution in [3.8, 4) is 0 Å². The third kappa shape index (κ3) is 4.66. The molecule has 0 radical (unpaired) electrons. The zero-order valence-electron chi connectivity index (χ0n) is 39.8. The van der Waals surface area contributed by atoms with E-state index in [1.165, 1.54) is 5.57 Å². The van der Waals surface area contributed by atoms with Crippen LogP contribution in [0.1, 0.15) is 116 Å². The largest absolute Gasteiger partial charge is 0.469 e. The van der Waals surface area contributed by atoms with Gasteiger partial charge in [0.2, 0.25) is 0 Å². The first-order chi connectivity index (χ1) is 32.1. The predicted molar refractivity (Wildman–Crippen MR) is 239 cm³/mol. The number of cyclic esters (lactones) is 2. The topological polar surface area (TPSA) is 181 Å². The van der Waals surface area contributed by atoms with Gasteiger partial charge in [-0.3, -0.25) is 14.9 Å². The van der Waals surface area contributed by atoms with Gasteiger partial charge in [0, 0.05) is 41.3 Å². The summed E-state index contributed by atoms with van der Waals surface area (Å²) in [5.41, 5.74) is -5.13.